The Morgan fingerprint density at radius 3 is 2.62 bits per heavy atom. The van der Waals surface area contributed by atoms with Gasteiger partial charge in [0.2, 0.25) is 0 Å². The quantitative estimate of drug-likeness (QED) is 0.691. The van der Waals surface area contributed by atoms with E-state index in [-0.39, 0.29) is 17.0 Å². The molecule has 6 heteroatoms. The van der Waals surface area contributed by atoms with Crippen LogP contribution in [0.4, 0.5) is 0 Å². The smallest absolute Gasteiger partial charge is 0.263 e. The number of pyridine rings is 3. The molecule has 0 spiro atoms. The maximum absolute atomic E-state index is 12.8. The number of hydrogen-bond acceptors (Lipinski definition) is 4. The average molecular weight is 388 g/mol. The first-order valence-corrected chi connectivity index (χ1v) is 10.3. The lowest BCUT2D eigenvalue weighted by atomic mass is 9.92. The molecule has 0 bridgehead atoms. The topological polar surface area (TPSA) is 68.1 Å². The first-order valence-electron chi connectivity index (χ1n) is 10.3. The molecule has 148 valence electrons. The summed E-state index contributed by atoms with van der Waals surface area (Å²) >= 11 is 0. The summed E-state index contributed by atoms with van der Waals surface area (Å²) in [6.07, 6.45) is 7.86. The highest BCUT2D eigenvalue weighted by atomic mass is 16.2. The van der Waals surface area contributed by atoms with Crippen molar-refractivity contribution in [3.63, 3.8) is 0 Å². The van der Waals surface area contributed by atoms with Gasteiger partial charge in [0.05, 0.1) is 0 Å². The van der Waals surface area contributed by atoms with Crippen LogP contribution in [0.15, 0.2) is 47.5 Å². The molecule has 1 aliphatic heterocycles. The molecule has 1 aliphatic carbocycles. The normalized spacial score (nSPS) is 17.6. The third-order valence-electron chi connectivity index (χ3n) is 6.19. The molecule has 1 amide bonds. The SMILES string of the molecule is Cn1cccc(C(=O)N2CCC(c3ccc4cc(C5CC5)cnc4n3)CC2)c1=O. The van der Waals surface area contributed by atoms with Crippen LogP contribution in [0.5, 0.6) is 0 Å². The second-order valence-corrected chi connectivity index (χ2v) is 8.23. The van der Waals surface area contributed by atoms with Crippen molar-refractivity contribution in [2.24, 2.45) is 7.05 Å². The summed E-state index contributed by atoms with van der Waals surface area (Å²) in [5.74, 6) is 0.826. The number of piperidine rings is 1. The number of carbonyl (C=O) groups is 1. The summed E-state index contributed by atoms with van der Waals surface area (Å²) in [5.41, 5.74) is 3.18. The number of nitrogens with zero attached hydrogens (tertiary/aromatic N) is 4. The molecule has 0 aromatic carbocycles. The van der Waals surface area contributed by atoms with Crippen molar-refractivity contribution in [1.82, 2.24) is 19.4 Å². The molecule has 0 radical (unpaired) electrons. The maximum atomic E-state index is 12.8. The number of aryl methyl sites for hydroxylation is 1. The summed E-state index contributed by atoms with van der Waals surface area (Å²) in [4.78, 5) is 36.2. The monoisotopic (exact) mass is 388 g/mol. The fourth-order valence-corrected chi connectivity index (χ4v) is 4.22. The van der Waals surface area contributed by atoms with E-state index in [0.29, 0.717) is 24.9 Å². The standard InChI is InChI=1S/C23H24N4O2/c1-26-10-2-3-19(22(26)28)23(29)27-11-8-16(9-12-27)20-7-6-17-13-18(15-4-5-15)14-24-21(17)25-20/h2-3,6-7,10,13-16H,4-5,8-9,11-12H2,1H3. The number of carbonyl (C=O) groups excluding carboxylic acids is 1. The number of hydrogen-bond donors (Lipinski definition) is 0. The molecular weight excluding hydrogens is 364 g/mol. The van der Waals surface area contributed by atoms with Crippen molar-refractivity contribution in [3.05, 3.63) is 69.9 Å². The van der Waals surface area contributed by atoms with Crippen LogP contribution in [0.1, 0.15) is 59.1 Å². The second kappa shape index (κ2) is 7.10. The fourth-order valence-electron chi connectivity index (χ4n) is 4.22. The molecular formula is C23H24N4O2. The number of fused-ring (bicyclic) bond motifs is 1. The van der Waals surface area contributed by atoms with E-state index in [0.717, 1.165) is 29.6 Å². The van der Waals surface area contributed by atoms with E-state index in [4.69, 9.17) is 4.98 Å². The van der Waals surface area contributed by atoms with Gasteiger partial charge in [-0.05, 0) is 67.5 Å². The zero-order valence-corrected chi connectivity index (χ0v) is 16.5. The molecule has 0 N–H and O–H groups in total. The van der Waals surface area contributed by atoms with Gasteiger partial charge >= 0.3 is 0 Å². The van der Waals surface area contributed by atoms with Crippen molar-refractivity contribution in [2.75, 3.05) is 13.1 Å². The van der Waals surface area contributed by atoms with Crippen LogP contribution in [-0.2, 0) is 7.05 Å². The molecule has 0 atom stereocenters. The summed E-state index contributed by atoms with van der Waals surface area (Å²) in [7, 11) is 1.67. The lowest BCUT2D eigenvalue weighted by molar-refractivity contribution is 0.0709. The molecule has 0 unspecified atom stereocenters. The van der Waals surface area contributed by atoms with Crippen LogP contribution < -0.4 is 5.56 Å². The van der Waals surface area contributed by atoms with Gasteiger partial charge in [-0.1, -0.05) is 0 Å². The first-order chi connectivity index (χ1) is 14.1. The zero-order chi connectivity index (χ0) is 20.0. The largest absolute Gasteiger partial charge is 0.338 e. The van der Waals surface area contributed by atoms with Crippen LogP contribution in [0.2, 0.25) is 0 Å². The van der Waals surface area contributed by atoms with Crippen molar-refractivity contribution in [1.29, 1.82) is 0 Å². The van der Waals surface area contributed by atoms with Gasteiger partial charge in [0.25, 0.3) is 11.5 Å². The van der Waals surface area contributed by atoms with Crippen molar-refractivity contribution >= 4 is 16.9 Å². The molecule has 3 aromatic heterocycles. The highest BCUT2D eigenvalue weighted by Gasteiger charge is 2.27. The number of likely N-dealkylation sites (tertiary alicyclic amines) is 1. The highest BCUT2D eigenvalue weighted by molar-refractivity contribution is 5.93. The second-order valence-electron chi connectivity index (χ2n) is 8.23. The number of aromatic nitrogens is 3. The molecule has 2 aliphatic rings. The molecule has 29 heavy (non-hydrogen) atoms. The first kappa shape index (κ1) is 18.0. The van der Waals surface area contributed by atoms with Crippen LogP contribution >= 0.6 is 0 Å². The van der Waals surface area contributed by atoms with Crippen molar-refractivity contribution < 1.29 is 4.79 Å². The van der Waals surface area contributed by atoms with Crippen molar-refractivity contribution in [3.8, 4) is 0 Å². The predicted molar refractivity (Wildman–Crippen MR) is 111 cm³/mol. The third kappa shape index (κ3) is 3.43. The lowest BCUT2D eigenvalue weighted by Crippen LogP contribution is -2.40. The van der Waals surface area contributed by atoms with Gasteiger partial charge in [-0.25, -0.2) is 9.97 Å². The molecule has 3 aromatic rings. The minimum absolute atomic E-state index is 0.176. The van der Waals surface area contributed by atoms with Crippen LogP contribution in [0.3, 0.4) is 0 Å². The predicted octanol–water partition coefficient (Wildman–Crippen LogP) is 3.23. The Balaban J connectivity index is 1.30. The molecule has 6 nitrogen and oxygen atoms in total. The van der Waals surface area contributed by atoms with E-state index in [1.807, 2.05) is 6.20 Å². The van der Waals surface area contributed by atoms with E-state index in [2.05, 4.69) is 23.2 Å². The Morgan fingerprint density at radius 2 is 1.86 bits per heavy atom. The maximum Gasteiger partial charge on any atom is 0.263 e. The van der Waals surface area contributed by atoms with E-state index in [1.165, 1.54) is 23.0 Å². The summed E-state index contributed by atoms with van der Waals surface area (Å²) in [6.45, 7) is 1.27. The summed E-state index contributed by atoms with van der Waals surface area (Å²) in [6, 6.07) is 9.81. The summed E-state index contributed by atoms with van der Waals surface area (Å²) in [5, 5.41) is 1.10. The summed E-state index contributed by atoms with van der Waals surface area (Å²) < 4.78 is 1.45. The van der Waals surface area contributed by atoms with Gasteiger partial charge in [0, 0.05) is 49.5 Å². The van der Waals surface area contributed by atoms with Crippen LogP contribution in [0, 0.1) is 0 Å². The third-order valence-corrected chi connectivity index (χ3v) is 6.19. The number of rotatable bonds is 3. The van der Waals surface area contributed by atoms with E-state index in [1.54, 1.807) is 30.3 Å². The van der Waals surface area contributed by atoms with Crippen molar-refractivity contribution in [2.45, 2.75) is 37.5 Å². The Labute approximate surface area is 169 Å². The Morgan fingerprint density at radius 1 is 1.07 bits per heavy atom. The average Bonchev–Trinajstić information content (AvgIpc) is 3.60. The molecule has 5 rings (SSSR count). The van der Waals surface area contributed by atoms with Gasteiger partial charge < -0.3 is 9.47 Å². The van der Waals surface area contributed by atoms with E-state index in [9.17, 15) is 9.59 Å². The number of amides is 1. The van der Waals surface area contributed by atoms with Crippen LogP contribution in [-0.4, -0.2) is 38.4 Å². The van der Waals surface area contributed by atoms with Crippen LogP contribution in [0.25, 0.3) is 11.0 Å². The van der Waals surface area contributed by atoms with Gasteiger partial charge in [0.1, 0.15) is 5.56 Å². The zero-order valence-electron chi connectivity index (χ0n) is 16.5. The minimum atomic E-state index is -0.243. The molecule has 2 fully saturated rings. The fraction of sp³-hybridized carbons (Fsp3) is 0.391. The highest BCUT2D eigenvalue weighted by Crippen LogP contribution is 2.40. The molecule has 4 heterocycles. The Kier molecular flexibility index (Phi) is 4.42. The lowest BCUT2D eigenvalue weighted by Gasteiger charge is -2.31. The molecule has 1 saturated carbocycles. The van der Waals surface area contributed by atoms with Gasteiger partial charge in [-0.3, -0.25) is 9.59 Å². The van der Waals surface area contributed by atoms with Gasteiger partial charge in [0.15, 0.2) is 5.65 Å². The Bertz CT molecular complexity index is 1140. The minimum Gasteiger partial charge on any atom is -0.338 e. The van der Waals surface area contributed by atoms with Gasteiger partial charge in [-0.15, -0.1) is 0 Å². The van der Waals surface area contributed by atoms with Gasteiger partial charge in [-0.2, -0.15) is 0 Å². The molecule has 1 saturated heterocycles. The van der Waals surface area contributed by atoms with E-state index < -0.39 is 0 Å². The van der Waals surface area contributed by atoms with E-state index >= 15 is 0 Å². The Hall–Kier alpha value is -3.02.